The molecule has 0 heterocycles. The average molecular weight is 476 g/mol. The number of carbonyl (C=O) groups excluding carboxylic acids is 2. The van der Waals surface area contributed by atoms with Crippen molar-refractivity contribution >= 4 is 29.9 Å². The van der Waals surface area contributed by atoms with Crippen LogP contribution in [-0.4, -0.2) is 57.3 Å². The van der Waals surface area contributed by atoms with Crippen molar-refractivity contribution in [1.82, 2.24) is 10.6 Å². The maximum atomic E-state index is 13.2. The molecule has 0 fully saturated rings. The van der Waals surface area contributed by atoms with E-state index in [1.54, 1.807) is 0 Å². The number of carboxylic acids is 3. The molecule has 2 atom stereocenters. The minimum Gasteiger partial charge on any atom is -0.481 e. The number of carbonyl (C=O) groups is 5. The molecule has 34 heavy (non-hydrogen) atoms. The van der Waals surface area contributed by atoms with Gasteiger partial charge in [-0.1, -0.05) is 18.2 Å². The molecule has 180 valence electrons. The Morgan fingerprint density at radius 3 is 2.06 bits per heavy atom. The van der Waals surface area contributed by atoms with E-state index in [0.717, 1.165) is 6.07 Å². The van der Waals surface area contributed by atoms with Crippen LogP contribution in [0.2, 0.25) is 0 Å². The molecule has 2 unspecified atom stereocenters. The van der Waals surface area contributed by atoms with Gasteiger partial charge in [0.25, 0.3) is 0 Å². The zero-order valence-electron chi connectivity index (χ0n) is 17.6. The van der Waals surface area contributed by atoms with E-state index in [9.17, 15) is 33.5 Å². The van der Waals surface area contributed by atoms with Crippen LogP contribution in [0.5, 0.6) is 5.75 Å². The largest absolute Gasteiger partial charge is 0.481 e. The minimum absolute atomic E-state index is 0.00764. The average Bonchev–Trinajstić information content (AvgIpc) is 2.77. The highest BCUT2D eigenvalue weighted by molar-refractivity contribution is 5.91. The van der Waals surface area contributed by atoms with Gasteiger partial charge < -0.3 is 30.7 Å². The molecule has 5 N–H and O–H groups in total. The molecule has 2 aromatic rings. The second kappa shape index (κ2) is 11.9. The molecular weight excluding hydrogens is 455 g/mol. The lowest BCUT2D eigenvalue weighted by molar-refractivity contribution is -0.140. The molecule has 0 bridgehead atoms. The molecule has 12 heteroatoms. The molecule has 2 rings (SSSR count). The number of hydrogen-bond acceptors (Lipinski definition) is 6. The summed E-state index contributed by atoms with van der Waals surface area (Å²) >= 11 is 0. The van der Waals surface area contributed by atoms with Gasteiger partial charge in [0.15, 0.2) is 0 Å². The summed E-state index contributed by atoms with van der Waals surface area (Å²) in [6.07, 6.45) is -1.07. The second-order valence-corrected chi connectivity index (χ2v) is 7.08. The maximum absolute atomic E-state index is 13.2. The molecule has 2 amide bonds. The third-order valence-electron chi connectivity index (χ3n) is 4.49. The quantitative estimate of drug-likeness (QED) is 0.238. The van der Waals surface area contributed by atoms with E-state index in [1.165, 1.54) is 42.5 Å². The third-order valence-corrected chi connectivity index (χ3v) is 4.49. The van der Waals surface area contributed by atoms with Crippen LogP contribution in [0.3, 0.4) is 0 Å². The number of esters is 1. The van der Waals surface area contributed by atoms with Crippen molar-refractivity contribution in [3.63, 3.8) is 0 Å². The predicted molar refractivity (Wildman–Crippen MR) is 113 cm³/mol. The zero-order valence-corrected chi connectivity index (χ0v) is 17.6. The first-order valence-corrected chi connectivity index (χ1v) is 9.86. The van der Waals surface area contributed by atoms with Crippen LogP contribution >= 0.6 is 0 Å². The summed E-state index contributed by atoms with van der Waals surface area (Å²) in [6.45, 7) is 0. The highest BCUT2D eigenvalue weighted by Crippen LogP contribution is 2.16. The smallest absolute Gasteiger partial charge is 0.343 e. The molecule has 0 aliphatic rings. The Labute approximate surface area is 192 Å². The SMILES string of the molecule is O=C(O)CCC(NC(=O)NC(Cc1ccc(OC(=O)c2cccc(F)c2)cc1)C(=O)O)C(=O)O. The van der Waals surface area contributed by atoms with Gasteiger partial charge in [-0.3, -0.25) is 4.79 Å². The van der Waals surface area contributed by atoms with Crippen LogP contribution in [0.15, 0.2) is 48.5 Å². The lowest BCUT2D eigenvalue weighted by atomic mass is 10.1. The first-order valence-electron chi connectivity index (χ1n) is 9.86. The Morgan fingerprint density at radius 1 is 0.882 bits per heavy atom. The number of ether oxygens (including phenoxy) is 1. The van der Waals surface area contributed by atoms with Crippen molar-refractivity contribution in [3.8, 4) is 5.75 Å². The van der Waals surface area contributed by atoms with E-state index in [4.69, 9.17) is 14.9 Å². The van der Waals surface area contributed by atoms with Gasteiger partial charge in [-0.05, 0) is 42.3 Å². The Kier molecular flexibility index (Phi) is 9.06. The van der Waals surface area contributed by atoms with Gasteiger partial charge >= 0.3 is 29.9 Å². The Balaban J connectivity index is 1.97. The maximum Gasteiger partial charge on any atom is 0.343 e. The number of nitrogens with one attached hydrogen (secondary N) is 2. The summed E-state index contributed by atoms with van der Waals surface area (Å²) in [4.78, 5) is 57.4. The predicted octanol–water partition coefficient (Wildman–Crippen LogP) is 1.66. The number of rotatable bonds is 11. The summed E-state index contributed by atoms with van der Waals surface area (Å²) < 4.78 is 18.4. The monoisotopic (exact) mass is 476 g/mol. The molecule has 0 aromatic heterocycles. The standard InChI is InChI=1S/C22H21FN2O9/c23-14-3-1-2-13(11-14)21(32)34-15-6-4-12(5-7-15)10-17(20(30)31)25-22(33)24-16(19(28)29)8-9-18(26)27/h1-7,11,16-17H,8-10H2,(H,26,27)(H,28,29)(H,30,31)(H2,24,25,33). The van der Waals surface area contributed by atoms with Gasteiger partial charge in [0.05, 0.1) is 5.56 Å². The number of benzene rings is 2. The number of aliphatic carboxylic acids is 3. The molecule has 0 saturated heterocycles. The van der Waals surface area contributed by atoms with Gasteiger partial charge in [0, 0.05) is 12.8 Å². The summed E-state index contributed by atoms with van der Waals surface area (Å²) in [6, 6.07) is 6.57. The second-order valence-electron chi connectivity index (χ2n) is 7.08. The van der Waals surface area contributed by atoms with E-state index in [2.05, 4.69) is 5.32 Å². The van der Waals surface area contributed by atoms with Crippen molar-refractivity contribution < 1.29 is 48.4 Å². The van der Waals surface area contributed by atoms with Crippen LogP contribution in [0.4, 0.5) is 9.18 Å². The van der Waals surface area contributed by atoms with Gasteiger partial charge in [-0.2, -0.15) is 0 Å². The molecule has 0 radical (unpaired) electrons. The molecule has 0 saturated carbocycles. The van der Waals surface area contributed by atoms with Gasteiger partial charge in [-0.15, -0.1) is 0 Å². The number of carboxylic acid groups (broad SMARTS) is 3. The third kappa shape index (κ3) is 8.22. The highest BCUT2D eigenvalue weighted by atomic mass is 19.1. The summed E-state index contributed by atoms with van der Waals surface area (Å²) in [5, 5.41) is 31.3. The van der Waals surface area contributed by atoms with Crippen LogP contribution in [0.25, 0.3) is 0 Å². The number of hydrogen-bond donors (Lipinski definition) is 5. The Morgan fingerprint density at radius 2 is 1.50 bits per heavy atom. The summed E-state index contributed by atoms with van der Waals surface area (Å²) in [5.74, 6) is -5.37. The number of urea groups is 1. The van der Waals surface area contributed by atoms with Crippen molar-refractivity contribution in [2.45, 2.75) is 31.3 Å². The van der Waals surface area contributed by atoms with Crippen LogP contribution in [-0.2, 0) is 20.8 Å². The fourth-order valence-corrected chi connectivity index (χ4v) is 2.79. The first-order chi connectivity index (χ1) is 16.0. The van der Waals surface area contributed by atoms with Gasteiger partial charge in [-0.25, -0.2) is 23.6 Å². The fraction of sp³-hybridized carbons (Fsp3) is 0.227. The molecule has 0 aliphatic heterocycles. The normalized spacial score (nSPS) is 12.1. The zero-order chi connectivity index (χ0) is 25.3. The van der Waals surface area contributed by atoms with Crippen molar-refractivity contribution in [2.24, 2.45) is 0 Å². The lowest BCUT2D eigenvalue weighted by Gasteiger charge is -2.18. The molecular formula is C22H21FN2O9. The molecule has 11 nitrogen and oxygen atoms in total. The number of amides is 2. The Hall–Kier alpha value is -4.48. The van der Waals surface area contributed by atoms with Gasteiger partial charge in [0.1, 0.15) is 23.7 Å². The van der Waals surface area contributed by atoms with Crippen LogP contribution < -0.4 is 15.4 Å². The Bertz CT molecular complexity index is 1070. The van der Waals surface area contributed by atoms with Crippen molar-refractivity contribution in [1.29, 1.82) is 0 Å². The van der Waals surface area contributed by atoms with E-state index in [-0.39, 0.29) is 24.2 Å². The van der Waals surface area contributed by atoms with Gasteiger partial charge in [0.2, 0.25) is 0 Å². The highest BCUT2D eigenvalue weighted by Gasteiger charge is 2.25. The van der Waals surface area contributed by atoms with Crippen molar-refractivity contribution in [3.05, 3.63) is 65.5 Å². The van der Waals surface area contributed by atoms with E-state index >= 15 is 0 Å². The van der Waals surface area contributed by atoms with E-state index in [1.807, 2.05) is 5.32 Å². The van der Waals surface area contributed by atoms with Crippen LogP contribution in [0.1, 0.15) is 28.8 Å². The molecule has 0 aliphatic carbocycles. The van der Waals surface area contributed by atoms with Crippen LogP contribution in [0, 0.1) is 5.82 Å². The summed E-state index contributed by atoms with van der Waals surface area (Å²) in [5.41, 5.74) is 0.451. The van der Waals surface area contributed by atoms with E-state index in [0.29, 0.717) is 5.56 Å². The minimum atomic E-state index is -1.52. The molecule has 0 spiro atoms. The fourth-order valence-electron chi connectivity index (χ4n) is 2.79. The van der Waals surface area contributed by atoms with E-state index < -0.39 is 54.2 Å². The van der Waals surface area contributed by atoms with Crippen molar-refractivity contribution in [2.75, 3.05) is 0 Å². The molecule has 2 aromatic carbocycles. The number of halogens is 1. The first kappa shape index (κ1) is 25.8. The summed E-state index contributed by atoms with van der Waals surface area (Å²) in [7, 11) is 0. The lowest BCUT2D eigenvalue weighted by Crippen LogP contribution is -2.51. The topological polar surface area (TPSA) is 179 Å².